The van der Waals surface area contributed by atoms with Gasteiger partial charge in [-0.05, 0) is 24.6 Å². The molecule has 1 aromatic rings. The van der Waals surface area contributed by atoms with Crippen molar-refractivity contribution in [3.63, 3.8) is 0 Å². The number of sulfone groups is 1. The van der Waals surface area contributed by atoms with Crippen molar-refractivity contribution >= 4 is 33.2 Å². The Morgan fingerprint density at radius 3 is 2.79 bits per heavy atom. The average molecular weight is 322 g/mol. The topological polar surface area (TPSA) is 46.2 Å². The Balaban J connectivity index is 2.37. The molecule has 1 heterocycles. The molecule has 1 aliphatic rings. The molecule has 0 fully saturated rings. The van der Waals surface area contributed by atoms with E-state index in [2.05, 4.69) is 5.32 Å². The molecule has 3 nitrogen and oxygen atoms in total. The minimum atomic E-state index is -3.21. The summed E-state index contributed by atoms with van der Waals surface area (Å²) in [6.45, 7) is 1.13. The fraction of sp³-hybridized carbons (Fsp3) is 0.333. The van der Waals surface area contributed by atoms with Crippen LogP contribution in [0.25, 0.3) is 0 Å². The molecule has 0 saturated carbocycles. The van der Waals surface area contributed by atoms with Crippen molar-refractivity contribution in [1.29, 1.82) is 0 Å². The van der Waals surface area contributed by atoms with Gasteiger partial charge in [-0.2, -0.15) is 0 Å². The van der Waals surface area contributed by atoms with E-state index in [0.717, 1.165) is 4.91 Å². The highest BCUT2D eigenvalue weighted by atomic mass is 35.5. The second-order valence-corrected chi connectivity index (χ2v) is 7.80. The predicted octanol–water partition coefficient (Wildman–Crippen LogP) is 2.82. The van der Waals surface area contributed by atoms with Crippen molar-refractivity contribution in [1.82, 2.24) is 5.32 Å². The summed E-state index contributed by atoms with van der Waals surface area (Å²) in [5, 5.41) is 3.42. The highest BCUT2D eigenvalue weighted by molar-refractivity contribution is 8.04. The number of hydrogen-bond acceptors (Lipinski definition) is 4. The summed E-state index contributed by atoms with van der Waals surface area (Å²) in [7, 11) is -3.21. The number of rotatable bonds is 3. The van der Waals surface area contributed by atoms with E-state index in [1.165, 1.54) is 30.2 Å². The van der Waals surface area contributed by atoms with E-state index in [4.69, 9.17) is 11.6 Å². The Labute approximate surface area is 121 Å². The molecule has 0 bridgehead atoms. The molecule has 0 aromatic heterocycles. The van der Waals surface area contributed by atoms with Crippen molar-refractivity contribution in [2.24, 2.45) is 0 Å². The summed E-state index contributed by atoms with van der Waals surface area (Å²) in [5.41, 5.74) is 0. The van der Waals surface area contributed by atoms with Gasteiger partial charge in [0.1, 0.15) is 5.82 Å². The molecule has 0 unspecified atom stereocenters. The van der Waals surface area contributed by atoms with Crippen molar-refractivity contribution in [2.45, 2.75) is 11.3 Å². The Hall–Kier alpha value is -0.560. The van der Waals surface area contributed by atoms with Gasteiger partial charge in [-0.1, -0.05) is 23.4 Å². The van der Waals surface area contributed by atoms with Crippen LogP contribution in [-0.4, -0.2) is 27.8 Å². The second kappa shape index (κ2) is 5.83. The number of hydrogen-bond donors (Lipinski definition) is 1. The zero-order valence-corrected chi connectivity index (χ0v) is 12.6. The van der Waals surface area contributed by atoms with Crippen molar-refractivity contribution in [3.05, 3.63) is 38.8 Å². The van der Waals surface area contributed by atoms with Crippen LogP contribution in [0.1, 0.15) is 6.42 Å². The van der Waals surface area contributed by atoms with Gasteiger partial charge in [-0.25, -0.2) is 12.8 Å². The molecular formula is C12H13ClFNO2S2. The summed E-state index contributed by atoms with van der Waals surface area (Å²) in [4.78, 5) is 1.82. The minimum absolute atomic E-state index is 0.288. The van der Waals surface area contributed by atoms with Crippen LogP contribution in [-0.2, 0) is 9.84 Å². The molecule has 104 valence electrons. The second-order valence-electron chi connectivity index (χ2n) is 4.22. The standard InChI is InChI=1S/C12H13ClFNO2S2/c1-19(16,17)12-4-5-15-7-11(12)18-10-3-2-8(14)6-9(10)13/h2-3,6,15H,4-5,7H2,1H3. The van der Waals surface area contributed by atoms with Crippen LogP contribution >= 0.6 is 23.4 Å². The van der Waals surface area contributed by atoms with Gasteiger partial charge in [0, 0.05) is 29.1 Å². The van der Waals surface area contributed by atoms with Crippen LogP contribution in [0.5, 0.6) is 0 Å². The maximum Gasteiger partial charge on any atom is 0.172 e. The first-order valence-electron chi connectivity index (χ1n) is 5.63. The summed E-state index contributed by atoms with van der Waals surface area (Å²) in [6, 6.07) is 4.09. The fourth-order valence-corrected chi connectivity index (χ4v) is 4.59. The van der Waals surface area contributed by atoms with Crippen molar-refractivity contribution in [3.8, 4) is 0 Å². The SMILES string of the molecule is CS(=O)(=O)C1=C(Sc2ccc(F)cc2Cl)CNCC1. The van der Waals surface area contributed by atoms with E-state index >= 15 is 0 Å². The highest BCUT2D eigenvalue weighted by Gasteiger charge is 2.22. The lowest BCUT2D eigenvalue weighted by atomic mass is 10.3. The average Bonchev–Trinajstić information content (AvgIpc) is 2.32. The molecule has 0 spiro atoms. The highest BCUT2D eigenvalue weighted by Crippen LogP contribution is 2.37. The molecule has 1 aromatic carbocycles. The van der Waals surface area contributed by atoms with E-state index < -0.39 is 15.7 Å². The number of halogens is 2. The van der Waals surface area contributed by atoms with Gasteiger partial charge in [0.15, 0.2) is 9.84 Å². The lowest BCUT2D eigenvalue weighted by Crippen LogP contribution is -2.26. The number of nitrogens with one attached hydrogen (secondary N) is 1. The molecule has 7 heteroatoms. The number of benzene rings is 1. The van der Waals surface area contributed by atoms with Gasteiger partial charge in [0.25, 0.3) is 0 Å². The lowest BCUT2D eigenvalue weighted by Gasteiger charge is -2.20. The Morgan fingerprint density at radius 2 is 2.16 bits per heavy atom. The largest absolute Gasteiger partial charge is 0.312 e. The van der Waals surface area contributed by atoms with Crippen LogP contribution in [0.3, 0.4) is 0 Å². The summed E-state index contributed by atoms with van der Waals surface area (Å²) in [6.07, 6.45) is 1.68. The normalized spacial score (nSPS) is 16.8. The molecule has 19 heavy (non-hydrogen) atoms. The van der Waals surface area contributed by atoms with Gasteiger partial charge in [-0.3, -0.25) is 0 Å². The molecule has 1 N–H and O–H groups in total. The molecule has 2 rings (SSSR count). The Morgan fingerprint density at radius 1 is 1.42 bits per heavy atom. The zero-order chi connectivity index (χ0) is 14.0. The van der Waals surface area contributed by atoms with Crippen molar-refractivity contribution < 1.29 is 12.8 Å². The van der Waals surface area contributed by atoms with E-state index in [1.807, 2.05) is 0 Å². The fourth-order valence-electron chi connectivity index (χ4n) is 1.82. The first-order chi connectivity index (χ1) is 8.88. The third kappa shape index (κ3) is 3.72. The smallest absolute Gasteiger partial charge is 0.172 e. The number of thioether (sulfide) groups is 1. The predicted molar refractivity (Wildman–Crippen MR) is 76.6 cm³/mol. The van der Waals surface area contributed by atoms with E-state index in [0.29, 0.717) is 29.3 Å². The van der Waals surface area contributed by atoms with E-state index in [-0.39, 0.29) is 5.02 Å². The quantitative estimate of drug-likeness (QED) is 0.930. The van der Waals surface area contributed by atoms with Crippen LogP contribution in [0.15, 0.2) is 32.9 Å². The van der Waals surface area contributed by atoms with E-state index in [9.17, 15) is 12.8 Å². The first kappa shape index (κ1) is 14.8. The van der Waals surface area contributed by atoms with Crippen molar-refractivity contribution in [2.75, 3.05) is 19.3 Å². The van der Waals surface area contributed by atoms with Gasteiger partial charge in [0.2, 0.25) is 0 Å². The third-order valence-electron chi connectivity index (χ3n) is 2.70. The molecule has 0 aliphatic carbocycles. The van der Waals surface area contributed by atoms with Gasteiger partial charge < -0.3 is 5.32 Å². The minimum Gasteiger partial charge on any atom is -0.312 e. The monoisotopic (exact) mass is 321 g/mol. The van der Waals surface area contributed by atoms with Gasteiger partial charge >= 0.3 is 0 Å². The molecular weight excluding hydrogens is 309 g/mol. The Kier molecular flexibility index (Phi) is 4.55. The summed E-state index contributed by atoms with van der Waals surface area (Å²) < 4.78 is 36.4. The van der Waals surface area contributed by atoms with Gasteiger partial charge in [-0.15, -0.1) is 0 Å². The molecule has 1 aliphatic heterocycles. The van der Waals surface area contributed by atoms with Crippen LogP contribution in [0, 0.1) is 5.82 Å². The van der Waals surface area contributed by atoms with Crippen LogP contribution in [0.4, 0.5) is 4.39 Å². The molecule has 0 amide bonds. The maximum absolute atomic E-state index is 13.0. The van der Waals surface area contributed by atoms with Gasteiger partial charge in [0.05, 0.1) is 9.93 Å². The molecule has 0 radical (unpaired) electrons. The first-order valence-corrected chi connectivity index (χ1v) is 8.72. The summed E-state index contributed by atoms with van der Waals surface area (Å²) >= 11 is 7.23. The zero-order valence-electron chi connectivity index (χ0n) is 10.2. The lowest BCUT2D eigenvalue weighted by molar-refractivity contribution is 0.601. The summed E-state index contributed by atoms with van der Waals surface area (Å²) in [5.74, 6) is -0.409. The molecule has 0 saturated heterocycles. The Bertz CT molecular complexity index is 629. The van der Waals surface area contributed by atoms with Crippen LogP contribution < -0.4 is 5.32 Å². The third-order valence-corrected chi connectivity index (χ3v) is 5.81. The van der Waals surface area contributed by atoms with Crippen LogP contribution in [0.2, 0.25) is 5.02 Å². The van der Waals surface area contributed by atoms with E-state index in [1.54, 1.807) is 6.07 Å². The maximum atomic E-state index is 13.0. The molecule has 0 atom stereocenters.